The van der Waals surface area contributed by atoms with Crippen LogP contribution in [0.2, 0.25) is 0 Å². The summed E-state index contributed by atoms with van der Waals surface area (Å²) in [4.78, 5) is 0. The molecule has 5 rings (SSSR count). The normalized spacial score (nSPS) is 11.5. The number of anilines is 1. The van der Waals surface area contributed by atoms with Gasteiger partial charge in [-0.25, -0.2) is 0 Å². The molecule has 5 aromatic rings. The van der Waals surface area contributed by atoms with Crippen molar-refractivity contribution in [1.82, 2.24) is 0 Å². The Kier molecular flexibility index (Phi) is 2.88. The molecule has 0 aliphatic carbocycles. The zero-order chi connectivity index (χ0) is 16.1. The summed E-state index contributed by atoms with van der Waals surface area (Å²) in [5, 5.41) is 4.99. The fourth-order valence-electron chi connectivity index (χ4n) is 3.52. The predicted molar refractivity (Wildman–Crippen MR) is 107 cm³/mol. The Morgan fingerprint density at radius 2 is 1.25 bits per heavy atom. The molecular weight excluding hydrogens is 310 g/mol. The first-order chi connectivity index (χ1) is 11.8. The summed E-state index contributed by atoms with van der Waals surface area (Å²) >= 11 is 1.86. The number of nitrogen functional groups attached to an aromatic ring is 1. The van der Waals surface area contributed by atoms with E-state index >= 15 is 0 Å². The first-order valence-electron chi connectivity index (χ1n) is 8.01. The maximum atomic E-state index is 6.18. The van der Waals surface area contributed by atoms with Gasteiger partial charge in [-0.05, 0) is 23.1 Å². The summed E-state index contributed by atoms with van der Waals surface area (Å²) in [7, 11) is 0. The Bertz CT molecular complexity index is 1220. The largest absolute Gasteiger partial charge is 0.398 e. The van der Waals surface area contributed by atoms with Gasteiger partial charge in [0, 0.05) is 36.8 Å². The molecule has 0 amide bonds. The van der Waals surface area contributed by atoms with Crippen LogP contribution in [-0.2, 0) is 0 Å². The van der Waals surface area contributed by atoms with E-state index in [1.165, 1.54) is 36.7 Å². The van der Waals surface area contributed by atoms with Gasteiger partial charge in [0.1, 0.15) is 0 Å². The number of nitrogens with two attached hydrogens (primary N) is 1. The third-order valence-electron chi connectivity index (χ3n) is 4.65. The van der Waals surface area contributed by atoms with E-state index in [2.05, 4.69) is 66.7 Å². The van der Waals surface area contributed by atoms with Crippen molar-refractivity contribution in [2.24, 2.45) is 0 Å². The number of thiophene rings is 1. The second-order valence-corrected chi connectivity index (χ2v) is 7.08. The van der Waals surface area contributed by atoms with Crippen LogP contribution in [0.15, 0.2) is 78.9 Å². The fourth-order valence-corrected chi connectivity index (χ4v) is 4.75. The first-order valence-corrected chi connectivity index (χ1v) is 8.82. The van der Waals surface area contributed by atoms with Gasteiger partial charge < -0.3 is 5.73 Å². The van der Waals surface area contributed by atoms with Crippen LogP contribution in [0.3, 0.4) is 0 Å². The van der Waals surface area contributed by atoms with E-state index < -0.39 is 0 Å². The minimum Gasteiger partial charge on any atom is -0.398 e. The van der Waals surface area contributed by atoms with Crippen molar-refractivity contribution < 1.29 is 0 Å². The molecule has 0 saturated carbocycles. The number of benzene rings is 4. The van der Waals surface area contributed by atoms with Crippen molar-refractivity contribution >= 4 is 48.0 Å². The Morgan fingerprint density at radius 1 is 0.542 bits per heavy atom. The lowest BCUT2D eigenvalue weighted by Gasteiger charge is -2.10. The SMILES string of the molecule is Nc1ccc(-c2cccc3c2sc2ccccc23)c2ccccc12. The monoisotopic (exact) mass is 325 g/mol. The van der Waals surface area contributed by atoms with Crippen molar-refractivity contribution in [2.75, 3.05) is 5.73 Å². The Morgan fingerprint density at radius 3 is 2.12 bits per heavy atom. The lowest BCUT2D eigenvalue weighted by Crippen LogP contribution is -1.89. The number of hydrogen-bond acceptors (Lipinski definition) is 2. The Balaban J connectivity index is 1.92. The molecule has 114 valence electrons. The average Bonchev–Trinajstić information content (AvgIpc) is 3.01. The number of fused-ring (bicyclic) bond motifs is 4. The quantitative estimate of drug-likeness (QED) is 0.352. The summed E-state index contributed by atoms with van der Waals surface area (Å²) in [5.41, 5.74) is 9.54. The molecule has 1 heterocycles. The lowest BCUT2D eigenvalue weighted by atomic mass is 9.96. The Hall–Kier alpha value is -2.84. The van der Waals surface area contributed by atoms with Crippen LogP contribution in [0, 0.1) is 0 Å². The van der Waals surface area contributed by atoms with E-state index in [0.717, 1.165) is 11.1 Å². The van der Waals surface area contributed by atoms with Crippen LogP contribution in [0.1, 0.15) is 0 Å². The van der Waals surface area contributed by atoms with Gasteiger partial charge in [-0.3, -0.25) is 0 Å². The highest BCUT2D eigenvalue weighted by molar-refractivity contribution is 7.26. The molecule has 0 unspecified atom stereocenters. The van der Waals surface area contributed by atoms with Gasteiger partial charge in [0.25, 0.3) is 0 Å². The molecule has 0 fully saturated rings. The maximum absolute atomic E-state index is 6.18. The molecule has 1 aromatic heterocycles. The van der Waals surface area contributed by atoms with Crippen molar-refractivity contribution in [3.05, 3.63) is 78.9 Å². The summed E-state index contributed by atoms with van der Waals surface area (Å²) in [6, 6.07) is 27.8. The molecule has 0 atom stereocenters. The zero-order valence-corrected chi connectivity index (χ0v) is 13.8. The van der Waals surface area contributed by atoms with E-state index in [4.69, 9.17) is 5.73 Å². The molecule has 4 aromatic carbocycles. The van der Waals surface area contributed by atoms with Gasteiger partial charge >= 0.3 is 0 Å². The van der Waals surface area contributed by atoms with Crippen LogP contribution in [0.25, 0.3) is 42.1 Å². The van der Waals surface area contributed by atoms with Crippen LogP contribution < -0.4 is 5.73 Å². The van der Waals surface area contributed by atoms with E-state index in [9.17, 15) is 0 Å². The first kappa shape index (κ1) is 13.6. The molecule has 1 nitrogen and oxygen atoms in total. The number of rotatable bonds is 1. The van der Waals surface area contributed by atoms with E-state index in [-0.39, 0.29) is 0 Å². The van der Waals surface area contributed by atoms with Gasteiger partial charge in [0.2, 0.25) is 0 Å². The minimum absolute atomic E-state index is 0.831. The van der Waals surface area contributed by atoms with Crippen molar-refractivity contribution in [3.8, 4) is 11.1 Å². The summed E-state index contributed by atoms with van der Waals surface area (Å²) in [5.74, 6) is 0. The molecule has 2 N–H and O–H groups in total. The topological polar surface area (TPSA) is 26.0 Å². The Labute approximate surface area is 144 Å². The zero-order valence-electron chi connectivity index (χ0n) is 13.0. The smallest absolute Gasteiger partial charge is 0.0434 e. The van der Waals surface area contributed by atoms with Gasteiger partial charge in [0.05, 0.1) is 0 Å². The second-order valence-electron chi connectivity index (χ2n) is 6.03. The molecule has 0 aliphatic rings. The van der Waals surface area contributed by atoms with Gasteiger partial charge in [-0.15, -0.1) is 11.3 Å². The highest BCUT2D eigenvalue weighted by Gasteiger charge is 2.12. The van der Waals surface area contributed by atoms with Crippen molar-refractivity contribution in [2.45, 2.75) is 0 Å². The van der Waals surface area contributed by atoms with Crippen LogP contribution in [-0.4, -0.2) is 0 Å². The summed E-state index contributed by atoms with van der Waals surface area (Å²) in [6.45, 7) is 0. The molecule has 0 aliphatic heterocycles. The molecule has 0 bridgehead atoms. The van der Waals surface area contributed by atoms with Crippen LogP contribution in [0.4, 0.5) is 5.69 Å². The maximum Gasteiger partial charge on any atom is 0.0434 e. The predicted octanol–water partition coefficient (Wildman–Crippen LogP) is 6.46. The van der Waals surface area contributed by atoms with Gasteiger partial charge in [-0.2, -0.15) is 0 Å². The third kappa shape index (κ3) is 1.87. The van der Waals surface area contributed by atoms with E-state index in [1.54, 1.807) is 0 Å². The van der Waals surface area contributed by atoms with E-state index in [0.29, 0.717) is 0 Å². The van der Waals surface area contributed by atoms with Gasteiger partial charge in [0.15, 0.2) is 0 Å². The number of hydrogen-bond donors (Lipinski definition) is 1. The second kappa shape index (κ2) is 5.08. The summed E-state index contributed by atoms with van der Waals surface area (Å²) < 4.78 is 2.67. The lowest BCUT2D eigenvalue weighted by molar-refractivity contribution is 1.70. The highest BCUT2D eigenvalue weighted by atomic mass is 32.1. The molecule has 0 spiro atoms. The van der Waals surface area contributed by atoms with Crippen LogP contribution >= 0.6 is 11.3 Å². The summed E-state index contributed by atoms with van der Waals surface area (Å²) in [6.07, 6.45) is 0. The highest BCUT2D eigenvalue weighted by Crippen LogP contribution is 2.42. The van der Waals surface area contributed by atoms with Crippen LogP contribution in [0.5, 0.6) is 0 Å². The van der Waals surface area contributed by atoms with Crippen molar-refractivity contribution in [3.63, 3.8) is 0 Å². The molecular formula is C22H15NS. The van der Waals surface area contributed by atoms with Crippen molar-refractivity contribution in [1.29, 1.82) is 0 Å². The molecule has 24 heavy (non-hydrogen) atoms. The standard InChI is InChI=1S/C22H15NS/c23-20-13-12-15(14-6-1-2-7-16(14)20)18-9-5-10-19-17-8-3-4-11-21(17)24-22(18)19/h1-13H,23H2. The molecule has 0 saturated heterocycles. The van der Waals surface area contributed by atoms with Gasteiger partial charge in [-0.1, -0.05) is 66.7 Å². The minimum atomic E-state index is 0.831. The molecule has 2 heteroatoms. The molecule has 0 radical (unpaired) electrons. The fraction of sp³-hybridized carbons (Fsp3) is 0. The average molecular weight is 325 g/mol. The third-order valence-corrected chi connectivity index (χ3v) is 5.87. The van der Waals surface area contributed by atoms with E-state index in [1.807, 2.05) is 23.5 Å².